The normalized spacial score (nSPS) is 20.7. The first kappa shape index (κ1) is 18.5. The highest BCUT2D eigenvalue weighted by Crippen LogP contribution is 2.28. The van der Waals surface area contributed by atoms with E-state index in [4.69, 9.17) is 0 Å². The first-order chi connectivity index (χ1) is 13.6. The summed E-state index contributed by atoms with van der Waals surface area (Å²) in [4.78, 5) is 39.3. The fraction of sp³-hybridized carbons (Fsp3) is 0.409. The molecule has 1 aromatic heterocycles. The number of nitrogens with zero attached hydrogens (tertiary/aromatic N) is 2. The third-order valence-electron chi connectivity index (χ3n) is 5.78. The summed E-state index contributed by atoms with van der Waals surface area (Å²) in [6.07, 6.45) is 9.42. The number of fused-ring (bicyclic) bond motifs is 1. The zero-order chi connectivity index (χ0) is 19.7. The van der Waals surface area contributed by atoms with Gasteiger partial charge in [0.15, 0.2) is 0 Å². The number of carbonyl (C=O) groups is 3. The number of barbiturate groups is 1. The summed E-state index contributed by atoms with van der Waals surface area (Å²) < 4.78 is 2.08. The van der Waals surface area contributed by atoms with E-state index in [1.165, 1.54) is 4.90 Å². The van der Waals surface area contributed by atoms with Crippen LogP contribution in [0.4, 0.5) is 4.79 Å². The first-order valence-corrected chi connectivity index (χ1v) is 10.1. The smallest absolute Gasteiger partial charge is 0.331 e. The lowest BCUT2D eigenvalue weighted by atomic mass is 10.0. The van der Waals surface area contributed by atoms with Gasteiger partial charge in [0.1, 0.15) is 5.57 Å². The lowest BCUT2D eigenvalue weighted by Gasteiger charge is -2.32. The number of hydrogen-bond donors (Lipinski definition) is 1. The van der Waals surface area contributed by atoms with E-state index in [9.17, 15) is 14.4 Å². The Morgan fingerprint density at radius 3 is 2.50 bits per heavy atom. The van der Waals surface area contributed by atoms with E-state index in [1.54, 1.807) is 6.08 Å². The zero-order valence-corrected chi connectivity index (χ0v) is 16.1. The molecule has 2 heterocycles. The summed E-state index contributed by atoms with van der Waals surface area (Å²) in [6, 6.07) is 7.18. The maximum Gasteiger partial charge on any atom is 0.331 e. The minimum atomic E-state index is -0.617. The van der Waals surface area contributed by atoms with Crippen LogP contribution in [0.1, 0.15) is 51.0 Å². The predicted molar refractivity (Wildman–Crippen MR) is 107 cm³/mol. The Bertz CT molecular complexity index is 965. The van der Waals surface area contributed by atoms with E-state index in [2.05, 4.69) is 9.88 Å². The van der Waals surface area contributed by atoms with Crippen molar-refractivity contribution in [2.24, 2.45) is 0 Å². The Morgan fingerprint density at radius 2 is 1.79 bits per heavy atom. The van der Waals surface area contributed by atoms with E-state index < -0.39 is 17.8 Å². The molecule has 1 saturated carbocycles. The third kappa shape index (κ3) is 3.23. The SMILES string of the molecule is CCn1cc(/C=C2/C(=O)NC(=O)N(C3CCCCCC3)C2=O)c2ccccc21. The summed E-state index contributed by atoms with van der Waals surface area (Å²) in [5.41, 5.74) is 1.89. The Morgan fingerprint density at radius 1 is 1.07 bits per heavy atom. The van der Waals surface area contributed by atoms with Gasteiger partial charge in [0.05, 0.1) is 0 Å². The summed E-state index contributed by atoms with van der Waals surface area (Å²) in [5.74, 6) is -1.10. The van der Waals surface area contributed by atoms with Gasteiger partial charge in [-0.3, -0.25) is 19.8 Å². The molecule has 1 aromatic carbocycles. The molecule has 146 valence electrons. The molecule has 0 spiro atoms. The van der Waals surface area contributed by atoms with Crippen LogP contribution in [-0.2, 0) is 16.1 Å². The number of carbonyl (C=O) groups excluding carboxylic acids is 3. The number of aromatic nitrogens is 1. The average Bonchev–Trinajstić information content (AvgIpc) is 2.84. The summed E-state index contributed by atoms with van der Waals surface area (Å²) in [5, 5.41) is 3.35. The molecular formula is C22H25N3O3. The minimum absolute atomic E-state index is 0.0304. The molecule has 28 heavy (non-hydrogen) atoms. The number of urea groups is 1. The summed E-state index contributed by atoms with van der Waals surface area (Å²) in [6.45, 7) is 2.84. The van der Waals surface area contributed by atoms with Crippen LogP contribution >= 0.6 is 0 Å². The van der Waals surface area contributed by atoms with Gasteiger partial charge < -0.3 is 4.57 Å². The minimum Gasteiger partial charge on any atom is -0.347 e. The molecule has 6 nitrogen and oxygen atoms in total. The van der Waals surface area contributed by atoms with Crippen LogP contribution in [0, 0.1) is 0 Å². The largest absolute Gasteiger partial charge is 0.347 e. The highest BCUT2D eigenvalue weighted by atomic mass is 16.2. The number of nitrogens with one attached hydrogen (secondary N) is 1. The lowest BCUT2D eigenvalue weighted by molar-refractivity contribution is -0.131. The summed E-state index contributed by atoms with van der Waals surface area (Å²) >= 11 is 0. The molecule has 2 aromatic rings. The predicted octanol–water partition coefficient (Wildman–Crippen LogP) is 3.85. The average molecular weight is 379 g/mol. The second-order valence-corrected chi connectivity index (χ2v) is 7.53. The highest BCUT2D eigenvalue weighted by Gasteiger charge is 2.39. The first-order valence-electron chi connectivity index (χ1n) is 10.1. The van der Waals surface area contributed by atoms with Crippen LogP contribution in [0.3, 0.4) is 0 Å². The van der Waals surface area contributed by atoms with Crippen molar-refractivity contribution in [1.82, 2.24) is 14.8 Å². The maximum absolute atomic E-state index is 13.1. The van der Waals surface area contributed by atoms with Crippen LogP contribution < -0.4 is 5.32 Å². The molecule has 4 amide bonds. The van der Waals surface area contributed by atoms with Gasteiger partial charge in [0, 0.05) is 35.2 Å². The molecule has 0 unspecified atom stereocenters. The van der Waals surface area contributed by atoms with Gasteiger partial charge in [-0.1, -0.05) is 43.9 Å². The van der Waals surface area contributed by atoms with Gasteiger partial charge >= 0.3 is 6.03 Å². The van der Waals surface area contributed by atoms with Crippen molar-refractivity contribution < 1.29 is 14.4 Å². The Labute approximate surface area is 164 Å². The molecule has 2 fully saturated rings. The number of hydrogen-bond acceptors (Lipinski definition) is 3. The van der Waals surface area contributed by atoms with Crippen molar-refractivity contribution in [2.75, 3.05) is 0 Å². The van der Waals surface area contributed by atoms with Gasteiger partial charge in [0.25, 0.3) is 11.8 Å². The second kappa shape index (κ2) is 7.62. The molecule has 4 rings (SSSR count). The molecule has 1 N–H and O–H groups in total. The highest BCUT2D eigenvalue weighted by molar-refractivity contribution is 6.31. The van der Waals surface area contributed by atoms with Crippen LogP contribution in [0.25, 0.3) is 17.0 Å². The Kier molecular flexibility index (Phi) is 5.03. The number of benzene rings is 1. The molecule has 0 radical (unpaired) electrons. The van der Waals surface area contributed by atoms with Crippen molar-refractivity contribution in [1.29, 1.82) is 0 Å². The maximum atomic E-state index is 13.1. The van der Waals surface area contributed by atoms with Crippen LogP contribution in [0.15, 0.2) is 36.0 Å². The van der Waals surface area contributed by atoms with Crippen molar-refractivity contribution in [3.8, 4) is 0 Å². The number of amides is 4. The number of rotatable bonds is 3. The van der Waals surface area contributed by atoms with Gasteiger partial charge in [-0.05, 0) is 31.9 Å². The van der Waals surface area contributed by atoms with Gasteiger partial charge in [-0.2, -0.15) is 0 Å². The van der Waals surface area contributed by atoms with E-state index in [1.807, 2.05) is 37.4 Å². The van der Waals surface area contributed by atoms with Gasteiger partial charge in [-0.15, -0.1) is 0 Å². The molecular weight excluding hydrogens is 354 g/mol. The number of imide groups is 2. The molecule has 0 atom stereocenters. The quantitative estimate of drug-likeness (QED) is 0.500. The van der Waals surface area contributed by atoms with Crippen LogP contribution in [-0.4, -0.2) is 33.4 Å². The van der Waals surface area contributed by atoms with Crippen molar-refractivity contribution in [2.45, 2.75) is 58.0 Å². The molecule has 1 aliphatic heterocycles. The standard InChI is InChI=1S/C22H25N3O3/c1-2-24-14-15(17-11-7-8-12-19(17)24)13-18-20(26)23-22(28)25(21(18)27)16-9-5-3-4-6-10-16/h7-8,11-14,16H,2-6,9-10H2,1H3,(H,23,26,28)/b18-13-. The fourth-order valence-electron chi connectivity index (χ4n) is 4.33. The molecule has 6 heteroatoms. The summed E-state index contributed by atoms with van der Waals surface area (Å²) in [7, 11) is 0. The van der Waals surface area contributed by atoms with Crippen molar-refractivity contribution >= 4 is 34.8 Å². The molecule has 2 aliphatic rings. The number of aryl methyl sites for hydroxylation is 1. The van der Waals surface area contributed by atoms with Crippen LogP contribution in [0.5, 0.6) is 0 Å². The van der Waals surface area contributed by atoms with Crippen LogP contribution in [0.2, 0.25) is 0 Å². The van der Waals surface area contributed by atoms with E-state index in [0.29, 0.717) is 0 Å². The molecule has 0 bridgehead atoms. The zero-order valence-electron chi connectivity index (χ0n) is 16.1. The Hall–Kier alpha value is -2.89. The topological polar surface area (TPSA) is 71.4 Å². The molecule has 1 saturated heterocycles. The van der Waals surface area contributed by atoms with E-state index >= 15 is 0 Å². The van der Waals surface area contributed by atoms with E-state index in [-0.39, 0.29) is 11.6 Å². The van der Waals surface area contributed by atoms with Gasteiger partial charge in [-0.25, -0.2) is 4.79 Å². The third-order valence-corrected chi connectivity index (χ3v) is 5.78. The van der Waals surface area contributed by atoms with Crippen molar-refractivity contribution in [3.05, 3.63) is 41.6 Å². The monoisotopic (exact) mass is 379 g/mol. The van der Waals surface area contributed by atoms with Crippen molar-refractivity contribution in [3.63, 3.8) is 0 Å². The fourth-order valence-corrected chi connectivity index (χ4v) is 4.33. The lowest BCUT2D eigenvalue weighted by Crippen LogP contribution is -2.57. The van der Waals surface area contributed by atoms with Gasteiger partial charge in [0.2, 0.25) is 0 Å². The number of para-hydroxylation sites is 1. The van der Waals surface area contributed by atoms with E-state index in [0.717, 1.165) is 61.5 Å². The second-order valence-electron chi connectivity index (χ2n) is 7.53. The molecule has 1 aliphatic carbocycles. The Balaban J connectivity index is 1.73.